The van der Waals surface area contributed by atoms with Crippen molar-refractivity contribution in [2.24, 2.45) is 11.7 Å². The van der Waals surface area contributed by atoms with E-state index < -0.39 is 0 Å². The summed E-state index contributed by atoms with van der Waals surface area (Å²) in [6.07, 6.45) is 4.58. The van der Waals surface area contributed by atoms with Gasteiger partial charge in [-0.05, 0) is 49.9 Å². The Kier molecular flexibility index (Phi) is 7.73. The number of aromatic nitrogens is 1. The van der Waals surface area contributed by atoms with E-state index >= 15 is 0 Å². The Labute approximate surface area is 176 Å². The Hall–Kier alpha value is -2.93. The van der Waals surface area contributed by atoms with Gasteiger partial charge in [0.05, 0.1) is 18.7 Å². The second-order valence-electron chi connectivity index (χ2n) is 6.97. The second kappa shape index (κ2) is 10.0. The first kappa shape index (κ1) is 22.4. The number of nitrogens with one attached hydrogen (secondary N) is 2. The van der Waals surface area contributed by atoms with E-state index in [-0.39, 0.29) is 42.1 Å². The van der Waals surface area contributed by atoms with E-state index in [1.807, 2.05) is 12.1 Å². The maximum Gasteiger partial charge on any atom is 0.308 e. The van der Waals surface area contributed by atoms with Gasteiger partial charge in [0.15, 0.2) is 0 Å². The van der Waals surface area contributed by atoms with Crippen molar-refractivity contribution >= 4 is 30.1 Å². The van der Waals surface area contributed by atoms with E-state index in [4.69, 9.17) is 15.9 Å². The summed E-state index contributed by atoms with van der Waals surface area (Å²) in [5.74, 6) is -0.357. The number of ether oxygens (including phenoxy) is 1. The fraction of sp³-hybridized carbons (Fsp3) is 0.333. The van der Waals surface area contributed by atoms with Crippen molar-refractivity contribution in [2.45, 2.75) is 31.7 Å². The molecule has 1 amide bonds. The van der Waals surface area contributed by atoms with Crippen LogP contribution in [0.15, 0.2) is 42.6 Å². The fourth-order valence-corrected chi connectivity index (χ4v) is 3.43. The predicted octanol–water partition coefficient (Wildman–Crippen LogP) is 2.92. The summed E-state index contributed by atoms with van der Waals surface area (Å²) in [5.41, 5.74) is 8.22. The molecule has 29 heavy (non-hydrogen) atoms. The van der Waals surface area contributed by atoms with Gasteiger partial charge >= 0.3 is 5.97 Å². The first-order valence-corrected chi connectivity index (χ1v) is 9.27. The van der Waals surface area contributed by atoms with E-state index in [1.165, 1.54) is 7.11 Å². The van der Waals surface area contributed by atoms with Gasteiger partial charge in [-0.1, -0.05) is 12.1 Å². The van der Waals surface area contributed by atoms with Gasteiger partial charge < -0.3 is 15.8 Å². The number of rotatable bonds is 5. The third kappa shape index (κ3) is 5.54. The second-order valence-corrected chi connectivity index (χ2v) is 6.97. The minimum absolute atomic E-state index is 0. The highest BCUT2D eigenvalue weighted by Gasteiger charge is 2.27. The minimum Gasteiger partial charge on any atom is -0.469 e. The molecule has 3 rings (SSSR count). The molecule has 0 bridgehead atoms. The normalized spacial score (nSPS) is 18.2. The molecule has 1 aromatic carbocycles. The van der Waals surface area contributed by atoms with Gasteiger partial charge in [-0.15, -0.1) is 12.4 Å². The molecule has 0 aliphatic heterocycles. The molecule has 0 saturated heterocycles. The number of benzene rings is 1. The summed E-state index contributed by atoms with van der Waals surface area (Å²) in [6, 6.07) is 10.9. The van der Waals surface area contributed by atoms with Gasteiger partial charge in [-0.25, -0.2) is 0 Å². The molecule has 4 N–H and O–H groups in total. The van der Waals surface area contributed by atoms with Gasteiger partial charge in [0.25, 0.3) is 5.91 Å². The van der Waals surface area contributed by atoms with Crippen molar-refractivity contribution in [2.75, 3.05) is 7.11 Å². The zero-order chi connectivity index (χ0) is 20.1. The molecule has 1 saturated carbocycles. The zero-order valence-corrected chi connectivity index (χ0v) is 17.0. The molecule has 1 aliphatic carbocycles. The molecule has 1 heterocycles. The largest absolute Gasteiger partial charge is 0.469 e. The number of pyridine rings is 1. The number of nitrogens with two attached hydrogens (primary N) is 1. The average molecular weight is 417 g/mol. The van der Waals surface area contributed by atoms with Gasteiger partial charge in [0.2, 0.25) is 0 Å². The number of hydrogen-bond acceptors (Lipinski definition) is 5. The summed E-state index contributed by atoms with van der Waals surface area (Å²) in [7, 11) is 1.41. The molecule has 154 valence electrons. The molecule has 0 unspecified atom stereocenters. The van der Waals surface area contributed by atoms with Crippen molar-refractivity contribution in [3.63, 3.8) is 0 Å². The van der Waals surface area contributed by atoms with Crippen LogP contribution in [0, 0.1) is 11.3 Å². The first-order valence-electron chi connectivity index (χ1n) is 9.27. The van der Waals surface area contributed by atoms with Crippen LogP contribution in [0.25, 0.3) is 11.3 Å². The Morgan fingerprint density at radius 1 is 1.07 bits per heavy atom. The number of nitrogens with zero attached hydrogens (tertiary/aromatic N) is 1. The Morgan fingerprint density at radius 2 is 1.69 bits per heavy atom. The number of esters is 1. The SMILES string of the molecule is COC(=O)C1CCC(NC(=O)c2ccc(-c3ccc(C(=N)N)cn3)cc2)CC1.Cl. The lowest BCUT2D eigenvalue weighted by atomic mass is 9.86. The van der Waals surface area contributed by atoms with Gasteiger partial charge in [0.1, 0.15) is 5.84 Å². The van der Waals surface area contributed by atoms with E-state index in [1.54, 1.807) is 30.5 Å². The molecule has 0 radical (unpaired) electrons. The third-order valence-corrected chi connectivity index (χ3v) is 5.11. The molecular formula is C21H25ClN4O3. The van der Waals surface area contributed by atoms with Crippen LogP contribution in [0.4, 0.5) is 0 Å². The predicted molar refractivity (Wildman–Crippen MR) is 113 cm³/mol. The number of carbonyl (C=O) groups is 2. The molecule has 1 aliphatic rings. The summed E-state index contributed by atoms with van der Waals surface area (Å²) in [5, 5.41) is 10.5. The first-order chi connectivity index (χ1) is 13.5. The van der Waals surface area contributed by atoms with Crippen molar-refractivity contribution in [1.29, 1.82) is 5.41 Å². The van der Waals surface area contributed by atoms with E-state index in [2.05, 4.69) is 10.3 Å². The summed E-state index contributed by atoms with van der Waals surface area (Å²) >= 11 is 0. The topological polar surface area (TPSA) is 118 Å². The van der Waals surface area contributed by atoms with Crippen molar-refractivity contribution in [3.8, 4) is 11.3 Å². The van der Waals surface area contributed by atoms with Crippen molar-refractivity contribution in [1.82, 2.24) is 10.3 Å². The van der Waals surface area contributed by atoms with Crippen LogP contribution in [-0.2, 0) is 9.53 Å². The number of methoxy groups -OCH3 is 1. The molecular weight excluding hydrogens is 392 g/mol. The van der Waals surface area contributed by atoms with E-state index in [0.717, 1.165) is 36.9 Å². The highest BCUT2D eigenvalue weighted by Crippen LogP contribution is 2.25. The van der Waals surface area contributed by atoms with Crippen LogP contribution in [0.1, 0.15) is 41.6 Å². The number of nitrogen functional groups attached to an aromatic ring is 1. The molecule has 2 aromatic rings. The average Bonchev–Trinajstić information content (AvgIpc) is 2.74. The van der Waals surface area contributed by atoms with Crippen LogP contribution >= 0.6 is 12.4 Å². The van der Waals surface area contributed by atoms with Crippen LogP contribution in [0.5, 0.6) is 0 Å². The number of halogens is 1. The number of hydrogen-bond donors (Lipinski definition) is 3. The highest BCUT2D eigenvalue weighted by molar-refractivity contribution is 5.95. The van der Waals surface area contributed by atoms with Gasteiger partial charge in [-0.3, -0.25) is 20.0 Å². The highest BCUT2D eigenvalue weighted by atomic mass is 35.5. The van der Waals surface area contributed by atoms with Crippen LogP contribution in [0.3, 0.4) is 0 Å². The third-order valence-electron chi connectivity index (χ3n) is 5.11. The molecule has 0 atom stereocenters. The lowest BCUT2D eigenvalue weighted by Crippen LogP contribution is -2.38. The maximum atomic E-state index is 12.5. The monoisotopic (exact) mass is 416 g/mol. The van der Waals surface area contributed by atoms with E-state index in [0.29, 0.717) is 11.1 Å². The molecule has 1 fully saturated rings. The lowest BCUT2D eigenvalue weighted by molar-refractivity contribution is -0.146. The van der Waals surface area contributed by atoms with Gasteiger partial charge in [-0.2, -0.15) is 0 Å². The quantitative estimate of drug-likeness (QED) is 0.393. The standard InChI is InChI=1S/C21H24N4O3.ClH/c1-28-21(27)15-6-9-17(10-7-15)25-20(26)14-4-2-13(3-5-14)18-11-8-16(12-24-18)19(22)23;/h2-5,8,11-12,15,17H,6-7,9-10H2,1H3,(H3,22,23)(H,25,26);1H. The Balaban J connectivity index is 0.00000300. The van der Waals surface area contributed by atoms with Crippen molar-refractivity contribution < 1.29 is 14.3 Å². The number of amidine groups is 1. The van der Waals surface area contributed by atoms with Crippen LogP contribution < -0.4 is 11.1 Å². The Bertz CT molecular complexity index is 860. The van der Waals surface area contributed by atoms with Crippen molar-refractivity contribution in [3.05, 3.63) is 53.7 Å². The van der Waals surface area contributed by atoms with Gasteiger partial charge in [0, 0.05) is 28.9 Å². The molecule has 8 heteroatoms. The number of amides is 1. The van der Waals surface area contributed by atoms with Crippen LogP contribution in [0.2, 0.25) is 0 Å². The smallest absolute Gasteiger partial charge is 0.308 e. The lowest BCUT2D eigenvalue weighted by Gasteiger charge is -2.27. The molecule has 0 spiro atoms. The fourth-order valence-electron chi connectivity index (χ4n) is 3.43. The summed E-state index contributed by atoms with van der Waals surface area (Å²) in [4.78, 5) is 28.4. The summed E-state index contributed by atoms with van der Waals surface area (Å²) < 4.78 is 4.79. The zero-order valence-electron chi connectivity index (χ0n) is 16.2. The Morgan fingerprint density at radius 3 is 2.21 bits per heavy atom. The molecule has 7 nitrogen and oxygen atoms in total. The minimum atomic E-state index is -0.162. The molecule has 1 aromatic heterocycles. The summed E-state index contributed by atoms with van der Waals surface area (Å²) in [6.45, 7) is 0. The number of carbonyl (C=O) groups excluding carboxylic acids is 2. The maximum absolute atomic E-state index is 12.5. The van der Waals surface area contributed by atoms with Crippen LogP contribution in [-0.4, -0.2) is 35.8 Å². The van der Waals surface area contributed by atoms with E-state index in [9.17, 15) is 9.59 Å².